The molecule has 0 spiro atoms. The van der Waals surface area contributed by atoms with Gasteiger partial charge in [-0.3, -0.25) is 0 Å². The molecule has 1 aromatic rings. The van der Waals surface area contributed by atoms with Crippen molar-refractivity contribution < 1.29 is 14.6 Å². The van der Waals surface area contributed by atoms with Crippen LogP contribution in [-0.2, 0) is 0 Å². The molecule has 2 radical (unpaired) electrons. The van der Waals surface area contributed by atoms with Crippen LogP contribution in [0.5, 0.6) is 11.5 Å². The van der Waals surface area contributed by atoms with Crippen LogP contribution in [0.1, 0.15) is 0 Å². The number of phenols is 2. The molecule has 0 saturated heterocycles. The maximum atomic E-state index is 12.4. The molecule has 1 aromatic carbocycles. The number of benzene rings is 1. The first-order valence-electron chi connectivity index (χ1n) is 2.58. The first kappa shape index (κ1) is 6.93. The average molecular weight is 138 g/mol. The van der Waals surface area contributed by atoms with Crippen LogP contribution >= 0.6 is 0 Å². The number of hydrogen-bond acceptors (Lipinski definition) is 2. The summed E-state index contributed by atoms with van der Waals surface area (Å²) in [6, 6.07) is 1.99. The lowest BCUT2D eigenvalue weighted by atomic mass is 9.96. The third kappa shape index (κ3) is 1.05. The monoisotopic (exact) mass is 138 g/mol. The minimum absolute atomic E-state index is 0.0767. The second kappa shape index (κ2) is 2.21. The van der Waals surface area contributed by atoms with Gasteiger partial charge in [0, 0.05) is 0 Å². The van der Waals surface area contributed by atoms with Crippen molar-refractivity contribution in [1.29, 1.82) is 0 Å². The maximum absolute atomic E-state index is 12.4. The van der Waals surface area contributed by atoms with E-state index in [2.05, 4.69) is 0 Å². The Morgan fingerprint density at radius 2 is 1.90 bits per heavy atom. The summed E-state index contributed by atoms with van der Waals surface area (Å²) in [5.41, 5.74) is 0.0767. The van der Waals surface area contributed by atoms with E-state index in [0.29, 0.717) is 0 Å². The van der Waals surface area contributed by atoms with Gasteiger partial charge in [-0.25, -0.2) is 4.39 Å². The Kier molecular flexibility index (Phi) is 1.53. The van der Waals surface area contributed by atoms with Crippen LogP contribution in [0, 0.1) is 5.82 Å². The Morgan fingerprint density at radius 3 is 2.40 bits per heavy atom. The van der Waals surface area contributed by atoms with E-state index in [1.165, 1.54) is 0 Å². The van der Waals surface area contributed by atoms with Gasteiger partial charge in [-0.05, 0) is 12.1 Å². The summed E-state index contributed by atoms with van der Waals surface area (Å²) in [5.74, 6) is -2.23. The molecule has 0 unspecified atom stereocenters. The fraction of sp³-hybridized carbons (Fsp3) is 0. The van der Waals surface area contributed by atoms with E-state index in [1.807, 2.05) is 0 Å². The Bertz CT molecular complexity index is 239. The SMILES string of the molecule is [B]c1cc(O)c(O)c(F)c1. The van der Waals surface area contributed by atoms with Crippen LogP contribution in [-0.4, -0.2) is 18.1 Å². The Hall–Kier alpha value is -1.19. The molecular formula is C6H4BFO2. The van der Waals surface area contributed by atoms with Crippen molar-refractivity contribution in [2.75, 3.05) is 0 Å². The second-order valence-electron chi connectivity index (χ2n) is 1.87. The van der Waals surface area contributed by atoms with Crippen molar-refractivity contribution in [3.8, 4) is 11.5 Å². The summed E-state index contributed by atoms with van der Waals surface area (Å²) in [5, 5.41) is 17.4. The molecule has 50 valence electrons. The zero-order chi connectivity index (χ0) is 7.72. The van der Waals surface area contributed by atoms with Crippen LogP contribution in [0.2, 0.25) is 0 Å². The van der Waals surface area contributed by atoms with E-state index in [0.717, 1.165) is 12.1 Å². The molecule has 10 heavy (non-hydrogen) atoms. The van der Waals surface area contributed by atoms with Crippen LogP contribution in [0.4, 0.5) is 4.39 Å². The molecule has 0 aliphatic heterocycles. The number of rotatable bonds is 0. The summed E-state index contributed by atoms with van der Waals surface area (Å²) >= 11 is 0. The molecule has 0 amide bonds. The molecule has 0 aliphatic rings. The van der Waals surface area contributed by atoms with E-state index in [4.69, 9.17) is 18.1 Å². The van der Waals surface area contributed by atoms with E-state index in [1.54, 1.807) is 0 Å². The molecule has 0 fully saturated rings. The fourth-order valence-electron chi connectivity index (χ4n) is 0.605. The van der Waals surface area contributed by atoms with E-state index in [9.17, 15) is 4.39 Å². The predicted molar refractivity (Wildman–Crippen MR) is 35.1 cm³/mol. The van der Waals surface area contributed by atoms with Crippen molar-refractivity contribution >= 4 is 13.3 Å². The summed E-state index contributed by atoms with van der Waals surface area (Å²) in [4.78, 5) is 0. The van der Waals surface area contributed by atoms with Gasteiger partial charge >= 0.3 is 0 Å². The van der Waals surface area contributed by atoms with Gasteiger partial charge in [0.1, 0.15) is 7.85 Å². The lowest BCUT2D eigenvalue weighted by molar-refractivity contribution is 0.379. The fourth-order valence-corrected chi connectivity index (χ4v) is 0.605. The van der Waals surface area contributed by atoms with Gasteiger partial charge in [-0.1, -0.05) is 5.46 Å². The van der Waals surface area contributed by atoms with E-state index in [-0.39, 0.29) is 5.46 Å². The zero-order valence-corrected chi connectivity index (χ0v) is 5.00. The Balaban J connectivity index is 3.31. The van der Waals surface area contributed by atoms with Gasteiger partial charge in [0.05, 0.1) is 0 Å². The van der Waals surface area contributed by atoms with Crippen LogP contribution in [0.15, 0.2) is 12.1 Å². The molecule has 4 heteroatoms. The first-order valence-corrected chi connectivity index (χ1v) is 2.58. The average Bonchev–Trinajstić information content (AvgIpc) is 1.82. The number of phenolic OH excluding ortho intramolecular Hbond substituents is 2. The smallest absolute Gasteiger partial charge is 0.193 e. The van der Waals surface area contributed by atoms with Crippen molar-refractivity contribution in [2.45, 2.75) is 0 Å². The lowest BCUT2D eigenvalue weighted by Crippen LogP contribution is -2.01. The molecule has 2 nitrogen and oxygen atoms in total. The first-order chi connectivity index (χ1) is 4.61. The topological polar surface area (TPSA) is 40.5 Å². The van der Waals surface area contributed by atoms with Crippen LogP contribution < -0.4 is 5.46 Å². The van der Waals surface area contributed by atoms with E-state index >= 15 is 0 Å². The minimum Gasteiger partial charge on any atom is -0.504 e. The summed E-state index contributed by atoms with van der Waals surface area (Å²) in [6.45, 7) is 0. The van der Waals surface area contributed by atoms with Crippen LogP contribution in [0.25, 0.3) is 0 Å². The van der Waals surface area contributed by atoms with Crippen molar-refractivity contribution in [3.63, 3.8) is 0 Å². The molecule has 2 N–H and O–H groups in total. The highest BCUT2D eigenvalue weighted by Gasteiger charge is 2.05. The second-order valence-corrected chi connectivity index (χ2v) is 1.87. The lowest BCUT2D eigenvalue weighted by Gasteiger charge is -1.99. The van der Waals surface area contributed by atoms with Crippen molar-refractivity contribution in [3.05, 3.63) is 17.9 Å². The van der Waals surface area contributed by atoms with Gasteiger partial charge in [-0.15, -0.1) is 0 Å². The van der Waals surface area contributed by atoms with Crippen LogP contribution in [0.3, 0.4) is 0 Å². The Morgan fingerprint density at radius 1 is 1.30 bits per heavy atom. The molecule has 0 atom stereocenters. The van der Waals surface area contributed by atoms with Gasteiger partial charge in [0.2, 0.25) is 0 Å². The Labute approximate surface area is 58.3 Å². The molecule has 0 saturated carbocycles. The predicted octanol–water partition coefficient (Wildman–Crippen LogP) is 0.0307. The van der Waals surface area contributed by atoms with Crippen molar-refractivity contribution in [2.24, 2.45) is 0 Å². The summed E-state index contributed by atoms with van der Waals surface area (Å²) in [6.07, 6.45) is 0. The molecule has 0 bridgehead atoms. The molecule has 1 rings (SSSR count). The third-order valence-corrected chi connectivity index (χ3v) is 1.07. The van der Waals surface area contributed by atoms with Crippen molar-refractivity contribution in [1.82, 2.24) is 0 Å². The molecule has 0 aromatic heterocycles. The molecule has 0 heterocycles. The molecule has 0 aliphatic carbocycles. The zero-order valence-electron chi connectivity index (χ0n) is 5.00. The number of hydrogen-bond donors (Lipinski definition) is 2. The largest absolute Gasteiger partial charge is 0.504 e. The summed E-state index contributed by atoms with van der Waals surface area (Å²) in [7, 11) is 5.12. The third-order valence-electron chi connectivity index (χ3n) is 1.07. The molecular weight excluding hydrogens is 134 g/mol. The van der Waals surface area contributed by atoms with E-state index < -0.39 is 17.3 Å². The standard InChI is InChI=1S/C6H4BFO2/c7-3-1-4(8)6(10)5(9)2-3/h1-2,9-10H. The van der Waals surface area contributed by atoms with Gasteiger partial charge in [-0.2, -0.15) is 0 Å². The van der Waals surface area contributed by atoms with Gasteiger partial charge in [0.25, 0.3) is 0 Å². The number of halogens is 1. The summed E-state index contributed by atoms with van der Waals surface area (Å²) < 4.78 is 12.4. The van der Waals surface area contributed by atoms with Gasteiger partial charge < -0.3 is 10.2 Å². The number of aromatic hydroxyl groups is 2. The maximum Gasteiger partial charge on any atom is 0.193 e. The highest BCUT2D eigenvalue weighted by Crippen LogP contribution is 2.24. The quantitative estimate of drug-likeness (QED) is 0.392. The highest BCUT2D eigenvalue weighted by molar-refractivity contribution is 6.32. The van der Waals surface area contributed by atoms with Gasteiger partial charge in [0.15, 0.2) is 17.3 Å². The normalized spacial score (nSPS) is 9.70. The minimum atomic E-state index is -0.919. The highest BCUT2D eigenvalue weighted by atomic mass is 19.1.